The highest BCUT2D eigenvalue weighted by molar-refractivity contribution is 6.27. The molecule has 4 heteroatoms. The molecule has 0 N–H and O–H groups in total. The lowest BCUT2D eigenvalue weighted by molar-refractivity contribution is -0.127. The minimum atomic E-state index is -0.0699. The highest BCUT2D eigenvalue weighted by atomic mass is 35.5. The predicted octanol–water partition coefficient (Wildman–Crippen LogP) is 2.51. The molecule has 0 fully saturated rings. The van der Waals surface area contributed by atoms with Crippen molar-refractivity contribution in [2.75, 3.05) is 20.0 Å². The molecule has 0 heterocycles. The number of aryl methyl sites for hydroxylation is 2. The summed E-state index contributed by atoms with van der Waals surface area (Å²) in [4.78, 5) is 13.0. The summed E-state index contributed by atoms with van der Waals surface area (Å²) in [6.45, 7) is 4.57. The van der Waals surface area contributed by atoms with Gasteiger partial charge in [-0.3, -0.25) is 4.79 Å². The maximum Gasteiger partial charge on any atom is 0.237 e. The standard InChI is InChI=1S/C13H18ClNO2/c1-9-6-12(17-4)10(2)5-11(9)8-15(3)13(16)7-14/h5-6H,7-8H2,1-4H3. The zero-order valence-corrected chi connectivity index (χ0v) is 11.5. The fraction of sp³-hybridized carbons (Fsp3) is 0.462. The van der Waals surface area contributed by atoms with Crippen LogP contribution >= 0.6 is 11.6 Å². The highest BCUT2D eigenvalue weighted by Crippen LogP contribution is 2.23. The van der Waals surface area contributed by atoms with E-state index < -0.39 is 0 Å². The van der Waals surface area contributed by atoms with E-state index in [0.717, 1.165) is 22.4 Å². The normalized spacial score (nSPS) is 10.2. The van der Waals surface area contributed by atoms with Crippen molar-refractivity contribution in [3.63, 3.8) is 0 Å². The van der Waals surface area contributed by atoms with Gasteiger partial charge in [0, 0.05) is 13.6 Å². The third-order valence-corrected chi connectivity index (χ3v) is 3.03. The maximum absolute atomic E-state index is 11.4. The van der Waals surface area contributed by atoms with Crippen LogP contribution in [0.3, 0.4) is 0 Å². The summed E-state index contributed by atoms with van der Waals surface area (Å²) >= 11 is 5.52. The summed E-state index contributed by atoms with van der Waals surface area (Å²) in [6.07, 6.45) is 0. The predicted molar refractivity (Wildman–Crippen MR) is 69.7 cm³/mol. The summed E-state index contributed by atoms with van der Waals surface area (Å²) in [5.41, 5.74) is 3.30. The van der Waals surface area contributed by atoms with Gasteiger partial charge in [0.05, 0.1) is 7.11 Å². The van der Waals surface area contributed by atoms with E-state index in [-0.39, 0.29) is 11.8 Å². The molecule has 1 aromatic carbocycles. The number of halogens is 1. The van der Waals surface area contributed by atoms with Crippen molar-refractivity contribution in [2.24, 2.45) is 0 Å². The van der Waals surface area contributed by atoms with Gasteiger partial charge >= 0.3 is 0 Å². The number of methoxy groups -OCH3 is 1. The van der Waals surface area contributed by atoms with Crippen LogP contribution in [0, 0.1) is 13.8 Å². The van der Waals surface area contributed by atoms with E-state index in [4.69, 9.17) is 16.3 Å². The molecule has 0 spiro atoms. The minimum absolute atomic E-state index is 0.0185. The third-order valence-electron chi connectivity index (χ3n) is 2.80. The fourth-order valence-corrected chi connectivity index (χ4v) is 1.89. The Morgan fingerprint density at radius 2 is 2.00 bits per heavy atom. The van der Waals surface area contributed by atoms with Gasteiger partial charge in [0.2, 0.25) is 5.91 Å². The van der Waals surface area contributed by atoms with Crippen LogP contribution in [0.1, 0.15) is 16.7 Å². The summed E-state index contributed by atoms with van der Waals surface area (Å²) in [5.74, 6) is 0.821. The van der Waals surface area contributed by atoms with Gasteiger partial charge < -0.3 is 9.64 Å². The van der Waals surface area contributed by atoms with Crippen LogP contribution in [0.15, 0.2) is 12.1 Å². The van der Waals surface area contributed by atoms with Crippen molar-refractivity contribution < 1.29 is 9.53 Å². The molecule has 0 unspecified atom stereocenters. The molecule has 1 aromatic rings. The topological polar surface area (TPSA) is 29.5 Å². The molecular formula is C13H18ClNO2. The largest absolute Gasteiger partial charge is 0.496 e. The number of hydrogen-bond acceptors (Lipinski definition) is 2. The van der Waals surface area contributed by atoms with Crippen LogP contribution in [0.25, 0.3) is 0 Å². The minimum Gasteiger partial charge on any atom is -0.496 e. The lowest BCUT2D eigenvalue weighted by Crippen LogP contribution is -2.27. The van der Waals surface area contributed by atoms with Crippen molar-refractivity contribution in [3.8, 4) is 5.75 Å². The molecule has 94 valence electrons. The van der Waals surface area contributed by atoms with Gasteiger partial charge in [-0.15, -0.1) is 11.6 Å². The Morgan fingerprint density at radius 3 is 2.53 bits per heavy atom. The number of ether oxygens (including phenoxy) is 1. The van der Waals surface area contributed by atoms with Crippen molar-refractivity contribution in [3.05, 3.63) is 28.8 Å². The van der Waals surface area contributed by atoms with Gasteiger partial charge in [-0.05, 0) is 36.6 Å². The molecule has 1 amide bonds. The average molecular weight is 256 g/mol. The lowest BCUT2D eigenvalue weighted by atomic mass is 10.0. The van der Waals surface area contributed by atoms with E-state index in [1.165, 1.54) is 0 Å². The van der Waals surface area contributed by atoms with Crippen LogP contribution in [0.5, 0.6) is 5.75 Å². The molecule has 0 aliphatic rings. The Bertz CT molecular complexity index is 418. The van der Waals surface area contributed by atoms with Gasteiger partial charge in [0.25, 0.3) is 0 Å². The number of nitrogens with zero attached hydrogens (tertiary/aromatic N) is 1. The summed E-state index contributed by atoms with van der Waals surface area (Å²) < 4.78 is 5.25. The van der Waals surface area contributed by atoms with Crippen LogP contribution < -0.4 is 4.74 Å². The molecule has 0 aliphatic heterocycles. The number of rotatable bonds is 4. The van der Waals surface area contributed by atoms with E-state index in [2.05, 4.69) is 0 Å². The Labute approximate surface area is 107 Å². The molecular weight excluding hydrogens is 238 g/mol. The maximum atomic E-state index is 11.4. The van der Waals surface area contributed by atoms with Gasteiger partial charge in [-0.1, -0.05) is 6.07 Å². The molecule has 0 saturated heterocycles. The molecule has 0 radical (unpaired) electrons. The van der Waals surface area contributed by atoms with Gasteiger partial charge in [0.1, 0.15) is 11.6 Å². The molecule has 0 aromatic heterocycles. The van der Waals surface area contributed by atoms with E-state index in [1.807, 2.05) is 26.0 Å². The quantitative estimate of drug-likeness (QED) is 0.774. The summed E-state index contributed by atoms with van der Waals surface area (Å²) in [7, 11) is 3.41. The molecule has 3 nitrogen and oxygen atoms in total. The molecule has 0 saturated carbocycles. The van der Waals surface area contributed by atoms with Crippen molar-refractivity contribution >= 4 is 17.5 Å². The van der Waals surface area contributed by atoms with E-state index >= 15 is 0 Å². The second kappa shape index (κ2) is 5.92. The van der Waals surface area contributed by atoms with Crippen molar-refractivity contribution in [1.29, 1.82) is 0 Å². The number of hydrogen-bond donors (Lipinski definition) is 0. The highest BCUT2D eigenvalue weighted by Gasteiger charge is 2.11. The molecule has 1 rings (SSSR count). The first kappa shape index (κ1) is 13.8. The number of alkyl halides is 1. The van der Waals surface area contributed by atoms with E-state index in [9.17, 15) is 4.79 Å². The van der Waals surface area contributed by atoms with Crippen molar-refractivity contribution in [2.45, 2.75) is 20.4 Å². The first-order valence-corrected chi connectivity index (χ1v) is 5.97. The molecule has 0 aliphatic carbocycles. The molecule has 17 heavy (non-hydrogen) atoms. The number of carbonyl (C=O) groups excluding carboxylic acids is 1. The summed E-state index contributed by atoms with van der Waals surface area (Å²) in [6, 6.07) is 4.04. The Kier molecular flexibility index (Phi) is 4.82. The second-order valence-corrected chi connectivity index (χ2v) is 4.40. The molecule has 0 bridgehead atoms. The Morgan fingerprint density at radius 1 is 1.35 bits per heavy atom. The van der Waals surface area contributed by atoms with Crippen molar-refractivity contribution in [1.82, 2.24) is 4.90 Å². The van der Waals surface area contributed by atoms with Gasteiger partial charge in [-0.2, -0.15) is 0 Å². The van der Waals surface area contributed by atoms with E-state index in [1.54, 1.807) is 19.1 Å². The Balaban J connectivity index is 2.92. The first-order valence-electron chi connectivity index (χ1n) is 5.43. The van der Waals surface area contributed by atoms with E-state index in [0.29, 0.717) is 6.54 Å². The third kappa shape index (κ3) is 3.37. The number of amides is 1. The monoisotopic (exact) mass is 255 g/mol. The lowest BCUT2D eigenvalue weighted by Gasteiger charge is -2.18. The van der Waals surface area contributed by atoms with Crippen LogP contribution in [-0.4, -0.2) is 30.8 Å². The molecule has 0 atom stereocenters. The van der Waals surface area contributed by atoms with Crippen LogP contribution in [-0.2, 0) is 11.3 Å². The summed E-state index contributed by atoms with van der Waals surface area (Å²) in [5, 5.41) is 0. The number of carbonyl (C=O) groups is 1. The zero-order valence-electron chi connectivity index (χ0n) is 10.7. The zero-order chi connectivity index (χ0) is 13.0. The number of benzene rings is 1. The van der Waals surface area contributed by atoms with Gasteiger partial charge in [0.15, 0.2) is 0 Å². The first-order chi connectivity index (χ1) is 7.99. The van der Waals surface area contributed by atoms with Crippen LogP contribution in [0.4, 0.5) is 0 Å². The van der Waals surface area contributed by atoms with Gasteiger partial charge in [-0.25, -0.2) is 0 Å². The SMILES string of the molecule is COc1cc(C)c(CN(C)C(=O)CCl)cc1C. The fourth-order valence-electron chi connectivity index (χ4n) is 1.69. The Hall–Kier alpha value is -1.22. The average Bonchev–Trinajstić information content (AvgIpc) is 2.32. The van der Waals surface area contributed by atoms with Crippen LogP contribution in [0.2, 0.25) is 0 Å². The smallest absolute Gasteiger partial charge is 0.237 e. The second-order valence-electron chi connectivity index (χ2n) is 4.13.